The normalized spacial score (nSPS) is 27.7. The maximum Gasteiger partial charge on any atom is 0.264 e. The van der Waals surface area contributed by atoms with Crippen molar-refractivity contribution in [3.63, 3.8) is 0 Å². The van der Waals surface area contributed by atoms with Crippen molar-refractivity contribution in [3.05, 3.63) is 0 Å². The third-order valence-electron chi connectivity index (χ3n) is 0.476. The van der Waals surface area contributed by atoms with Gasteiger partial charge in [-0.3, -0.25) is 4.18 Å². The van der Waals surface area contributed by atoms with E-state index in [1.54, 1.807) is 0 Å². The molecule has 0 aliphatic carbocycles. The molecule has 0 aromatic heterocycles. The van der Waals surface area contributed by atoms with E-state index in [9.17, 15) is 8.42 Å². The smallest absolute Gasteiger partial charge is 0.264 e. The first-order valence-corrected chi connectivity index (χ1v) is 3.96. The standard InChI is InChI=1S/C5H12O3S/c1-4-5(2)8-9(3,6)7/h5H,4H2,1-3H3/t5-/m1/s1/i1D2,2D2,4D/t4?,5-. The summed E-state index contributed by atoms with van der Waals surface area (Å²) in [5.41, 5.74) is 0. The highest BCUT2D eigenvalue weighted by Gasteiger charge is 2.06. The van der Waals surface area contributed by atoms with Crippen LogP contribution in [0.4, 0.5) is 0 Å². The predicted octanol–water partition coefficient (Wildman–Crippen LogP) is 0.761. The van der Waals surface area contributed by atoms with Crippen LogP contribution >= 0.6 is 0 Å². The minimum atomic E-state index is -3.87. The number of hydrogen-bond donors (Lipinski definition) is 0. The average molecular weight is 157 g/mol. The second kappa shape index (κ2) is 3.17. The Hall–Kier alpha value is -0.0900. The van der Waals surface area contributed by atoms with Crippen LogP contribution in [0.2, 0.25) is 0 Å². The van der Waals surface area contributed by atoms with Crippen LogP contribution < -0.4 is 0 Å². The summed E-state index contributed by atoms with van der Waals surface area (Å²) in [5.74, 6) is 0. The van der Waals surface area contributed by atoms with Crippen LogP contribution in [-0.2, 0) is 14.3 Å². The first-order chi connectivity index (χ1) is 6.15. The lowest BCUT2D eigenvalue weighted by molar-refractivity contribution is 0.227. The van der Waals surface area contributed by atoms with E-state index >= 15 is 0 Å². The van der Waals surface area contributed by atoms with E-state index in [-0.39, 0.29) is 0 Å². The van der Waals surface area contributed by atoms with E-state index in [2.05, 4.69) is 4.18 Å². The molecule has 56 valence electrons. The molecule has 3 nitrogen and oxygen atoms in total. The Morgan fingerprint density at radius 2 is 2.56 bits per heavy atom. The molecule has 0 radical (unpaired) electrons. The minimum Gasteiger partial charge on any atom is -0.267 e. The van der Waals surface area contributed by atoms with Gasteiger partial charge >= 0.3 is 0 Å². The van der Waals surface area contributed by atoms with Crippen molar-refractivity contribution in [1.29, 1.82) is 0 Å². The summed E-state index contributed by atoms with van der Waals surface area (Å²) in [6, 6.07) is 0. The molecule has 0 saturated carbocycles. The summed E-state index contributed by atoms with van der Waals surface area (Å²) in [4.78, 5) is 0. The van der Waals surface area contributed by atoms with Gasteiger partial charge in [0.25, 0.3) is 10.1 Å². The maximum atomic E-state index is 10.7. The first kappa shape index (κ1) is 3.34. The molecule has 0 aliphatic rings. The van der Waals surface area contributed by atoms with Crippen LogP contribution in [0.25, 0.3) is 0 Å². The van der Waals surface area contributed by atoms with E-state index in [1.807, 2.05) is 0 Å². The monoisotopic (exact) mass is 157 g/mol. The molecule has 1 unspecified atom stereocenters. The van der Waals surface area contributed by atoms with Crippen molar-refractivity contribution < 1.29 is 19.5 Å². The lowest BCUT2D eigenvalue weighted by Crippen LogP contribution is -2.12. The summed E-state index contributed by atoms with van der Waals surface area (Å²) in [5, 5.41) is 0. The van der Waals surface area contributed by atoms with Gasteiger partial charge < -0.3 is 0 Å². The summed E-state index contributed by atoms with van der Waals surface area (Å²) in [6.45, 7) is -3.37. The minimum absolute atomic E-state index is 0.734. The largest absolute Gasteiger partial charge is 0.267 e. The van der Waals surface area contributed by atoms with E-state index in [4.69, 9.17) is 6.85 Å². The van der Waals surface area contributed by atoms with Gasteiger partial charge in [-0.15, -0.1) is 0 Å². The fourth-order valence-corrected chi connectivity index (χ4v) is 0.702. The lowest BCUT2D eigenvalue weighted by Gasteiger charge is -2.05. The highest BCUT2D eigenvalue weighted by atomic mass is 32.2. The maximum absolute atomic E-state index is 10.7. The summed E-state index contributed by atoms with van der Waals surface area (Å²) in [6.07, 6.45) is -2.41. The second-order valence-electron chi connectivity index (χ2n) is 1.46. The van der Waals surface area contributed by atoms with Gasteiger partial charge in [-0.1, -0.05) is 6.88 Å². The van der Waals surface area contributed by atoms with Crippen LogP contribution in [0.15, 0.2) is 0 Å². The Balaban J connectivity index is 4.62. The van der Waals surface area contributed by atoms with Crippen LogP contribution in [0.5, 0.6) is 0 Å². The molecular formula is C5H12O3S. The van der Waals surface area contributed by atoms with Crippen LogP contribution in [0.3, 0.4) is 0 Å². The number of hydrogen-bond acceptors (Lipinski definition) is 3. The van der Waals surface area contributed by atoms with E-state index < -0.39 is 36.4 Å². The molecule has 9 heavy (non-hydrogen) atoms. The molecule has 4 heteroatoms. The molecule has 2 atom stereocenters. The topological polar surface area (TPSA) is 43.4 Å². The van der Waals surface area contributed by atoms with E-state index in [0.29, 0.717) is 0 Å². The first-order valence-electron chi connectivity index (χ1n) is 5.03. The van der Waals surface area contributed by atoms with Gasteiger partial charge in [-0.2, -0.15) is 8.42 Å². The highest BCUT2D eigenvalue weighted by Crippen LogP contribution is 1.99. The molecule has 0 aliphatic heterocycles. The molecular weight excluding hydrogens is 140 g/mol. The van der Waals surface area contributed by atoms with Gasteiger partial charge in [-0.05, 0) is 13.3 Å². The fraction of sp³-hybridized carbons (Fsp3) is 1.00. The van der Waals surface area contributed by atoms with Crippen molar-refractivity contribution in [2.75, 3.05) is 6.26 Å². The van der Waals surface area contributed by atoms with E-state index in [1.165, 1.54) is 0 Å². The quantitative estimate of drug-likeness (QED) is 0.568. The highest BCUT2D eigenvalue weighted by molar-refractivity contribution is 7.86. The van der Waals surface area contributed by atoms with Crippen molar-refractivity contribution in [2.24, 2.45) is 0 Å². The summed E-state index contributed by atoms with van der Waals surface area (Å²) in [7, 11) is -3.87. The molecule has 0 bridgehead atoms. The fourth-order valence-electron chi connectivity index (χ4n) is 0.234. The zero-order valence-electron chi connectivity index (χ0n) is 9.94. The third kappa shape index (κ3) is 5.79. The number of rotatable bonds is 3. The summed E-state index contributed by atoms with van der Waals surface area (Å²) >= 11 is 0. The van der Waals surface area contributed by atoms with Crippen molar-refractivity contribution in [2.45, 2.75) is 26.3 Å². The predicted molar refractivity (Wildman–Crippen MR) is 35.7 cm³/mol. The van der Waals surface area contributed by atoms with Gasteiger partial charge in [0.1, 0.15) is 0 Å². The van der Waals surface area contributed by atoms with Gasteiger partial charge in [-0.25, -0.2) is 0 Å². The lowest BCUT2D eigenvalue weighted by atomic mass is 10.3. The Morgan fingerprint density at radius 1 is 1.89 bits per heavy atom. The molecule has 0 spiro atoms. The SMILES string of the molecule is [2H]C([2H])C([2H])[C@H](OS(C)(=O)=O)C([2H])[2H]. The van der Waals surface area contributed by atoms with Crippen molar-refractivity contribution in [1.82, 2.24) is 0 Å². The third-order valence-corrected chi connectivity index (χ3v) is 1.05. The Kier molecular flexibility index (Phi) is 1.18. The van der Waals surface area contributed by atoms with E-state index in [0.717, 1.165) is 6.26 Å². The van der Waals surface area contributed by atoms with Crippen LogP contribution in [0, 0.1) is 0 Å². The molecule has 0 aromatic rings. The van der Waals surface area contributed by atoms with Gasteiger partial charge in [0.05, 0.1) is 12.4 Å². The second-order valence-corrected chi connectivity index (χ2v) is 3.06. The van der Waals surface area contributed by atoms with Gasteiger partial charge in [0, 0.05) is 6.85 Å². The molecule has 0 saturated heterocycles. The summed E-state index contributed by atoms with van der Waals surface area (Å²) < 4.78 is 60.4. The Labute approximate surface area is 63.2 Å². The molecule has 0 aromatic carbocycles. The van der Waals surface area contributed by atoms with Gasteiger partial charge in [0.2, 0.25) is 0 Å². The van der Waals surface area contributed by atoms with Gasteiger partial charge in [0.15, 0.2) is 0 Å². The Bertz CT molecular complexity index is 265. The molecule has 0 heterocycles. The molecule has 0 fully saturated rings. The van der Waals surface area contributed by atoms with Crippen LogP contribution in [-0.4, -0.2) is 20.8 Å². The molecule has 0 N–H and O–H groups in total. The zero-order chi connectivity index (χ0) is 11.5. The molecule has 0 amide bonds. The van der Waals surface area contributed by atoms with Crippen molar-refractivity contribution in [3.8, 4) is 0 Å². The van der Waals surface area contributed by atoms with Crippen LogP contribution in [0.1, 0.15) is 27.0 Å². The van der Waals surface area contributed by atoms with Crippen molar-refractivity contribution >= 4 is 10.1 Å². The molecule has 0 rings (SSSR count). The zero-order valence-corrected chi connectivity index (χ0v) is 5.76. The Morgan fingerprint density at radius 3 is 2.89 bits per heavy atom. The average Bonchev–Trinajstić information content (AvgIpc) is 1.96.